The van der Waals surface area contributed by atoms with E-state index >= 15 is 0 Å². The minimum Gasteiger partial charge on any atom is -0.469 e. The maximum atomic E-state index is 12.1. The fourth-order valence-electron chi connectivity index (χ4n) is 1.42. The molecule has 98 valence electrons. The fraction of sp³-hybridized carbons (Fsp3) is 0.333. The smallest absolute Gasteiger partial charge is 0.307 e. The second-order valence-electron chi connectivity index (χ2n) is 3.76. The van der Waals surface area contributed by atoms with Crippen LogP contribution in [0.1, 0.15) is 16.8 Å². The Morgan fingerprint density at radius 3 is 2.67 bits per heavy atom. The highest BCUT2D eigenvalue weighted by molar-refractivity contribution is 6.34. The molecule has 0 fully saturated rings. The van der Waals surface area contributed by atoms with Crippen LogP contribution in [0.25, 0.3) is 0 Å². The Bertz CT molecular complexity index is 442. The Hall–Kier alpha value is -1.75. The summed E-state index contributed by atoms with van der Waals surface area (Å²) in [5, 5.41) is 0.296. The van der Waals surface area contributed by atoms with Gasteiger partial charge in [-0.3, -0.25) is 9.59 Å². The van der Waals surface area contributed by atoms with E-state index in [0.29, 0.717) is 10.7 Å². The normalized spacial score (nSPS) is 9.94. The highest BCUT2D eigenvalue weighted by atomic mass is 35.5. The number of carbonyl (C=O) groups excluding carboxylic acids is 2. The Labute approximate surface area is 110 Å². The molecular formula is C12H15ClN2O3. The van der Waals surface area contributed by atoms with Gasteiger partial charge in [-0.25, -0.2) is 0 Å². The number of anilines is 1. The SMILES string of the molecule is COC(=O)CCN(C)C(=O)c1c(N)cccc1Cl. The lowest BCUT2D eigenvalue weighted by Gasteiger charge is -2.18. The molecule has 0 aliphatic carbocycles. The van der Waals surface area contributed by atoms with Gasteiger partial charge in [-0.05, 0) is 12.1 Å². The Kier molecular flexibility index (Phi) is 4.97. The van der Waals surface area contributed by atoms with Crippen molar-refractivity contribution >= 4 is 29.2 Å². The van der Waals surface area contributed by atoms with Gasteiger partial charge in [0, 0.05) is 19.3 Å². The van der Waals surface area contributed by atoms with E-state index in [1.165, 1.54) is 12.0 Å². The van der Waals surface area contributed by atoms with Gasteiger partial charge in [-0.2, -0.15) is 0 Å². The van der Waals surface area contributed by atoms with Crippen LogP contribution in [0.4, 0.5) is 5.69 Å². The van der Waals surface area contributed by atoms with Crippen LogP contribution < -0.4 is 5.73 Å². The first kappa shape index (κ1) is 14.3. The number of hydrogen-bond acceptors (Lipinski definition) is 4. The number of nitrogen functional groups attached to an aromatic ring is 1. The minimum absolute atomic E-state index is 0.128. The van der Waals surface area contributed by atoms with Crippen LogP contribution in [0, 0.1) is 0 Å². The van der Waals surface area contributed by atoms with Crippen molar-refractivity contribution in [3.8, 4) is 0 Å². The predicted octanol–water partition coefficient (Wildman–Crippen LogP) is 1.56. The van der Waals surface area contributed by atoms with Gasteiger partial charge in [0.05, 0.1) is 24.1 Å². The Balaban J connectivity index is 2.78. The molecule has 0 saturated heterocycles. The van der Waals surface area contributed by atoms with Crippen molar-refractivity contribution in [1.82, 2.24) is 4.90 Å². The first-order chi connectivity index (χ1) is 8.47. The molecule has 18 heavy (non-hydrogen) atoms. The van der Waals surface area contributed by atoms with Crippen molar-refractivity contribution in [1.29, 1.82) is 0 Å². The van der Waals surface area contributed by atoms with E-state index in [9.17, 15) is 9.59 Å². The summed E-state index contributed by atoms with van der Waals surface area (Å²) in [5.41, 5.74) is 6.29. The average Bonchev–Trinajstić information content (AvgIpc) is 2.34. The van der Waals surface area contributed by atoms with Crippen molar-refractivity contribution in [2.45, 2.75) is 6.42 Å². The van der Waals surface area contributed by atoms with Crippen molar-refractivity contribution < 1.29 is 14.3 Å². The predicted molar refractivity (Wildman–Crippen MR) is 69.5 cm³/mol. The van der Waals surface area contributed by atoms with Crippen molar-refractivity contribution in [3.05, 3.63) is 28.8 Å². The standard InChI is InChI=1S/C12H15ClN2O3/c1-15(7-6-10(16)18-2)12(17)11-8(13)4-3-5-9(11)14/h3-5H,6-7,14H2,1-2H3. The molecule has 1 aromatic rings. The molecule has 6 heteroatoms. The number of benzene rings is 1. The van der Waals surface area contributed by atoms with Crippen LogP contribution >= 0.6 is 11.6 Å². The molecule has 0 bridgehead atoms. The number of methoxy groups -OCH3 is 1. The van der Waals surface area contributed by atoms with E-state index in [1.54, 1.807) is 25.2 Å². The zero-order valence-corrected chi connectivity index (χ0v) is 11.0. The molecule has 0 heterocycles. The van der Waals surface area contributed by atoms with E-state index in [2.05, 4.69) is 4.74 Å². The van der Waals surface area contributed by atoms with Crippen LogP contribution in [0.5, 0.6) is 0 Å². The number of hydrogen-bond donors (Lipinski definition) is 1. The lowest BCUT2D eigenvalue weighted by molar-refractivity contribution is -0.140. The number of carbonyl (C=O) groups is 2. The largest absolute Gasteiger partial charge is 0.469 e. The molecule has 0 radical (unpaired) electrons. The third-order valence-electron chi connectivity index (χ3n) is 2.49. The number of nitrogens with zero attached hydrogens (tertiary/aromatic N) is 1. The molecule has 1 amide bonds. The van der Waals surface area contributed by atoms with E-state index in [4.69, 9.17) is 17.3 Å². The molecule has 0 saturated carbocycles. The lowest BCUT2D eigenvalue weighted by Crippen LogP contribution is -2.30. The second kappa shape index (κ2) is 6.26. The summed E-state index contributed by atoms with van der Waals surface area (Å²) in [7, 11) is 2.88. The maximum Gasteiger partial charge on any atom is 0.307 e. The number of nitrogens with two attached hydrogens (primary N) is 1. The molecule has 5 nitrogen and oxygen atoms in total. The summed E-state index contributed by atoms with van der Waals surface area (Å²) in [5.74, 6) is -0.691. The number of ether oxygens (including phenoxy) is 1. The van der Waals surface area contributed by atoms with Crippen LogP contribution in [0.2, 0.25) is 5.02 Å². The van der Waals surface area contributed by atoms with Gasteiger partial charge in [0.25, 0.3) is 5.91 Å². The molecule has 1 rings (SSSR count). The topological polar surface area (TPSA) is 72.6 Å². The number of amides is 1. The van der Waals surface area contributed by atoms with E-state index < -0.39 is 0 Å². The van der Waals surface area contributed by atoms with E-state index in [-0.39, 0.29) is 30.4 Å². The number of rotatable bonds is 4. The molecule has 0 atom stereocenters. The fourth-order valence-corrected chi connectivity index (χ4v) is 1.68. The van der Waals surface area contributed by atoms with Gasteiger partial charge < -0.3 is 15.4 Å². The Morgan fingerprint density at radius 1 is 1.44 bits per heavy atom. The molecule has 2 N–H and O–H groups in total. The summed E-state index contributed by atoms with van der Waals surface area (Å²) >= 11 is 5.94. The van der Waals surface area contributed by atoms with Crippen LogP contribution in [-0.4, -0.2) is 37.5 Å². The third kappa shape index (κ3) is 3.37. The maximum absolute atomic E-state index is 12.1. The summed E-state index contributed by atoms with van der Waals surface area (Å²) in [6.07, 6.45) is 0.128. The molecule has 0 aliphatic heterocycles. The van der Waals surface area contributed by atoms with Gasteiger partial charge in [0.1, 0.15) is 0 Å². The Morgan fingerprint density at radius 2 is 2.11 bits per heavy atom. The molecule has 0 unspecified atom stereocenters. The average molecular weight is 271 g/mol. The monoisotopic (exact) mass is 270 g/mol. The zero-order chi connectivity index (χ0) is 13.7. The van der Waals surface area contributed by atoms with Crippen molar-refractivity contribution in [2.24, 2.45) is 0 Å². The van der Waals surface area contributed by atoms with Crippen LogP contribution in [0.3, 0.4) is 0 Å². The molecule has 0 aliphatic rings. The molecule has 1 aromatic carbocycles. The molecule has 0 aromatic heterocycles. The molecular weight excluding hydrogens is 256 g/mol. The summed E-state index contributed by atoms with van der Waals surface area (Å²) in [6, 6.07) is 4.87. The quantitative estimate of drug-likeness (QED) is 0.666. The van der Waals surface area contributed by atoms with Crippen molar-refractivity contribution in [3.63, 3.8) is 0 Å². The van der Waals surface area contributed by atoms with Gasteiger partial charge in [0.2, 0.25) is 0 Å². The molecule has 0 spiro atoms. The number of halogens is 1. The van der Waals surface area contributed by atoms with E-state index in [0.717, 1.165) is 0 Å². The van der Waals surface area contributed by atoms with Gasteiger partial charge in [0.15, 0.2) is 0 Å². The van der Waals surface area contributed by atoms with Gasteiger partial charge >= 0.3 is 5.97 Å². The number of esters is 1. The highest BCUT2D eigenvalue weighted by Crippen LogP contribution is 2.23. The highest BCUT2D eigenvalue weighted by Gasteiger charge is 2.18. The zero-order valence-electron chi connectivity index (χ0n) is 10.3. The second-order valence-corrected chi connectivity index (χ2v) is 4.16. The van der Waals surface area contributed by atoms with Crippen LogP contribution in [-0.2, 0) is 9.53 Å². The summed E-state index contributed by atoms with van der Waals surface area (Å²) < 4.78 is 4.51. The van der Waals surface area contributed by atoms with E-state index in [1.807, 2.05) is 0 Å². The van der Waals surface area contributed by atoms with Gasteiger partial charge in [-0.15, -0.1) is 0 Å². The van der Waals surface area contributed by atoms with Crippen molar-refractivity contribution in [2.75, 3.05) is 26.4 Å². The van der Waals surface area contributed by atoms with Crippen LogP contribution in [0.15, 0.2) is 18.2 Å². The lowest BCUT2D eigenvalue weighted by atomic mass is 10.1. The third-order valence-corrected chi connectivity index (χ3v) is 2.80. The van der Waals surface area contributed by atoms with Gasteiger partial charge in [-0.1, -0.05) is 17.7 Å². The first-order valence-electron chi connectivity index (χ1n) is 5.33. The summed E-state index contributed by atoms with van der Waals surface area (Å²) in [6.45, 7) is 0.246. The minimum atomic E-state index is -0.373. The first-order valence-corrected chi connectivity index (χ1v) is 5.71. The summed E-state index contributed by atoms with van der Waals surface area (Å²) in [4.78, 5) is 24.5.